The zero-order valence-electron chi connectivity index (χ0n) is 17.2. The van der Waals surface area contributed by atoms with Crippen molar-refractivity contribution in [3.05, 3.63) is 81.3 Å². The molecule has 10 heteroatoms. The number of carbonyl (C=O) groups excluding carboxylic acids is 1. The lowest BCUT2D eigenvalue weighted by Crippen LogP contribution is -2.36. The van der Waals surface area contributed by atoms with Crippen molar-refractivity contribution in [2.24, 2.45) is 0 Å². The summed E-state index contributed by atoms with van der Waals surface area (Å²) in [5, 5.41) is 33.9. The minimum atomic E-state index is -1.66. The predicted octanol–water partition coefficient (Wildman–Crippen LogP) is 2.56. The highest BCUT2D eigenvalue weighted by atomic mass is 16.6. The standard InChI is InChI=1S/C22H22N4O6/c1-12-24-19(21(25-12)26(30)31)20(28)18(27)10-23-22(29)32-11-17-15-8-4-2-6-13(15)14-7-3-5-9-16(14)17/h2-9,17-18,20,27-28H,10-11H2,1H3,(H,23,29)(H,24,25). The van der Waals surface area contributed by atoms with Crippen molar-refractivity contribution >= 4 is 11.9 Å². The quantitative estimate of drug-likeness (QED) is 0.327. The van der Waals surface area contributed by atoms with E-state index in [1.54, 1.807) is 0 Å². The lowest BCUT2D eigenvalue weighted by Gasteiger charge is -2.18. The number of hydrogen-bond donors (Lipinski definition) is 4. The van der Waals surface area contributed by atoms with Crippen LogP contribution in [0.1, 0.15) is 34.7 Å². The second kappa shape index (κ2) is 8.77. The molecule has 0 spiro atoms. The summed E-state index contributed by atoms with van der Waals surface area (Å²) in [5.74, 6) is -0.393. The lowest BCUT2D eigenvalue weighted by molar-refractivity contribution is -0.390. The fourth-order valence-corrected chi connectivity index (χ4v) is 3.97. The molecule has 32 heavy (non-hydrogen) atoms. The number of aliphatic hydroxyl groups excluding tert-OH is 2. The summed E-state index contributed by atoms with van der Waals surface area (Å²) in [6, 6.07) is 15.9. The zero-order valence-corrected chi connectivity index (χ0v) is 17.2. The first-order chi connectivity index (χ1) is 15.4. The topological polar surface area (TPSA) is 151 Å². The summed E-state index contributed by atoms with van der Waals surface area (Å²) >= 11 is 0. The van der Waals surface area contributed by atoms with Crippen molar-refractivity contribution in [1.29, 1.82) is 0 Å². The number of H-pyrrole nitrogens is 1. The Hall–Kier alpha value is -3.76. The predicted molar refractivity (Wildman–Crippen MR) is 114 cm³/mol. The van der Waals surface area contributed by atoms with Crippen molar-refractivity contribution in [1.82, 2.24) is 15.3 Å². The second-order valence-corrected chi connectivity index (χ2v) is 7.53. The van der Waals surface area contributed by atoms with Crippen LogP contribution in [0.5, 0.6) is 0 Å². The lowest BCUT2D eigenvalue weighted by atomic mass is 9.98. The summed E-state index contributed by atoms with van der Waals surface area (Å²) in [7, 11) is 0. The average molecular weight is 438 g/mol. The average Bonchev–Trinajstić information content (AvgIpc) is 3.34. The first-order valence-corrected chi connectivity index (χ1v) is 10.0. The molecule has 1 heterocycles. The van der Waals surface area contributed by atoms with E-state index in [4.69, 9.17) is 4.74 Å². The first-order valence-electron chi connectivity index (χ1n) is 10.0. The van der Waals surface area contributed by atoms with E-state index in [-0.39, 0.29) is 30.6 Å². The summed E-state index contributed by atoms with van der Waals surface area (Å²) < 4.78 is 5.37. The zero-order chi connectivity index (χ0) is 22.8. The summed E-state index contributed by atoms with van der Waals surface area (Å²) in [5.41, 5.74) is 4.05. The SMILES string of the molecule is Cc1nc(C(O)C(O)CNC(=O)OCC2c3ccccc3-c3ccccc32)c([N+](=O)[O-])[nH]1. The van der Waals surface area contributed by atoms with Gasteiger partial charge in [-0.1, -0.05) is 48.5 Å². The molecule has 4 rings (SSSR count). The number of benzene rings is 2. The van der Waals surface area contributed by atoms with Crippen LogP contribution >= 0.6 is 0 Å². The van der Waals surface area contributed by atoms with E-state index >= 15 is 0 Å². The van der Waals surface area contributed by atoms with Gasteiger partial charge in [0.1, 0.15) is 18.8 Å². The van der Waals surface area contributed by atoms with Gasteiger partial charge in [0.05, 0.1) is 0 Å². The molecule has 0 radical (unpaired) electrons. The van der Waals surface area contributed by atoms with Crippen LogP contribution in [0.3, 0.4) is 0 Å². The van der Waals surface area contributed by atoms with E-state index in [9.17, 15) is 25.1 Å². The molecule has 1 aromatic heterocycles. The Labute approximate surface area is 183 Å². The van der Waals surface area contributed by atoms with Crippen LogP contribution in [-0.2, 0) is 4.74 Å². The molecule has 166 valence electrons. The number of imidazole rings is 1. The van der Waals surface area contributed by atoms with E-state index in [1.165, 1.54) is 6.92 Å². The first kappa shape index (κ1) is 21.5. The van der Waals surface area contributed by atoms with Crippen molar-refractivity contribution in [3.63, 3.8) is 0 Å². The molecule has 0 saturated heterocycles. The third-order valence-corrected chi connectivity index (χ3v) is 5.46. The molecule has 4 N–H and O–H groups in total. The third kappa shape index (κ3) is 4.05. The van der Waals surface area contributed by atoms with Crippen LogP contribution in [-0.4, -0.2) is 50.5 Å². The maximum atomic E-state index is 12.2. The highest BCUT2D eigenvalue weighted by molar-refractivity contribution is 5.79. The second-order valence-electron chi connectivity index (χ2n) is 7.53. The van der Waals surface area contributed by atoms with Crippen LogP contribution < -0.4 is 5.32 Å². The van der Waals surface area contributed by atoms with E-state index in [0.29, 0.717) is 0 Å². The Kier molecular flexibility index (Phi) is 5.89. The Bertz CT molecular complexity index is 1120. The summed E-state index contributed by atoms with van der Waals surface area (Å²) in [6.07, 6.45) is -3.95. The molecule has 1 aliphatic carbocycles. The van der Waals surface area contributed by atoms with Crippen LogP contribution in [0.25, 0.3) is 11.1 Å². The number of ether oxygens (including phenoxy) is 1. The number of nitrogens with zero attached hydrogens (tertiary/aromatic N) is 2. The summed E-state index contributed by atoms with van der Waals surface area (Å²) in [6.45, 7) is 1.22. The van der Waals surface area contributed by atoms with Gasteiger partial charge < -0.3 is 30.4 Å². The Balaban J connectivity index is 1.36. The maximum absolute atomic E-state index is 12.2. The molecule has 0 saturated carbocycles. The van der Waals surface area contributed by atoms with E-state index in [0.717, 1.165) is 22.3 Å². The van der Waals surface area contributed by atoms with Gasteiger partial charge >= 0.3 is 11.9 Å². The third-order valence-electron chi connectivity index (χ3n) is 5.46. The number of fused-ring (bicyclic) bond motifs is 3. The van der Waals surface area contributed by atoms with Gasteiger partial charge in [0.25, 0.3) is 0 Å². The number of rotatable bonds is 7. The van der Waals surface area contributed by atoms with Crippen LogP contribution in [0, 0.1) is 17.0 Å². The molecular formula is C22H22N4O6. The number of nitro groups is 1. The Morgan fingerprint density at radius 1 is 1.19 bits per heavy atom. The number of aliphatic hydroxyl groups is 2. The number of aryl methyl sites for hydroxylation is 1. The highest BCUT2D eigenvalue weighted by Crippen LogP contribution is 2.44. The van der Waals surface area contributed by atoms with Crippen LogP contribution in [0.15, 0.2) is 48.5 Å². The smallest absolute Gasteiger partial charge is 0.407 e. The molecule has 2 atom stereocenters. The van der Waals surface area contributed by atoms with Crippen LogP contribution in [0.2, 0.25) is 0 Å². The number of carbonyl (C=O) groups is 1. The molecular weight excluding hydrogens is 416 g/mol. The minimum absolute atomic E-state index is 0.0997. The minimum Gasteiger partial charge on any atom is -0.449 e. The largest absolute Gasteiger partial charge is 0.449 e. The van der Waals surface area contributed by atoms with Gasteiger partial charge in [-0.15, -0.1) is 0 Å². The maximum Gasteiger partial charge on any atom is 0.407 e. The fourth-order valence-electron chi connectivity index (χ4n) is 3.97. The van der Waals surface area contributed by atoms with E-state index in [1.807, 2.05) is 48.5 Å². The Morgan fingerprint density at radius 2 is 1.78 bits per heavy atom. The van der Waals surface area contributed by atoms with Gasteiger partial charge in [-0.05, 0) is 27.2 Å². The highest BCUT2D eigenvalue weighted by Gasteiger charge is 2.31. The van der Waals surface area contributed by atoms with Crippen molar-refractivity contribution in [2.45, 2.75) is 25.0 Å². The molecule has 1 amide bonds. The van der Waals surface area contributed by atoms with Crippen LogP contribution in [0.4, 0.5) is 10.6 Å². The monoisotopic (exact) mass is 438 g/mol. The number of aromatic amines is 1. The van der Waals surface area contributed by atoms with E-state index in [2.05, 4.69) is 15.3 Å². The van der Waals surface area contributed by atoms with Gasteiger partial charge in [0, 0.05) is 19.4 Å². The molecule has 0 fully saturated rings. The van der Waals surface area contributed by atoms with Gasteiger partial charge in [-0.25, -0.2) is 14.8 Å². The van der Waals surface area contributed by atoms with Gasteiger partial charge in [-0.3, -0.25) is 0 Å². The normalized spacial score (nSPS) is 14.3. The number of alkyl carbamates (subject to hydrolysis) is 1. The molecule has 2 unspecified atom stereocenters. The molecule has 3 aromatic rings. The summed E-state index contributed by atoms with van der Waals surface area (Å²) in [4.78, 5) is 28.8. The number of amides is 1. The van der Waals surface area contributed by atoms with Crippen molar-refractivity contribution in [3.8, 4) is 11.1 Å². The molecule has 0 bridgehead atoms. The van der Waals surface area contributed by atoms with E-state index < -0.39 is 29.0 Å². The number of nitrogens with one attached hydrogen (secondary N) is 2. The van der Waals surface area contributed by atoms with Crippen molar-refractivity contribution in [2.75, 3.05) is 13.2 Å². The van der Waals surface area contributed by atoms with Gasteiger partial charge in [0.15, 0.2) is 11.5 Å². The number of aromatic nitrogens is 2. The molecule has 10 nitrogen and oxygen atoms in total. The fraction of sp³-hybridized carbons (Fsp3) is 0.273. The molecule has 1 aliphatic rings. The number of hydrogen-bond acceptors (Lipinski definition) is 7. The molecule has 0 aliphatic heterocycles. The van der Waals surface area contributed by atoms with Gasteiger partial charge in [-0.2, -0.15) is 0 Å². The molecule has 2 aromatic carbocycles. The Morgan fingerprint density at radius 3 is 2.38 bits per heavy atom. The van der Waals surface area contributed by atoms with Gasteiger partial charge in [0.2, 0.25) is 0 Å². The van der Waals surface area contributed by atoms with Crippen molar-refractivity contribution < 1.29 is 24.7 Å².